The Morgan fingerprint density at radius 3 is 3.05 bits per heavy atom. The third kappa shape index (κ3) is 2.91. The highest BCUT2D eigenvalue weighted by Gasteiger charge is 2.42. The molecule has 0 bridgehead atoms. The van der Waals surface area contributed by atoms with Crippen LogP contribution in [0.3, 0.4) is 0 Å². The maximum absolute atomic E-state index is 14.2. The molecule has 0 aliphatic carbocycles. The molecule has 114 valence electrons. The highest BCUT2D eigenvalue weighted by Crippen LogP contribution is 2.30. The molecule has 1 aromatic carbocycles. The van der Waals surface area contributed by atoms with Crippen LogP contribution in [-0.4, -0.2) is 42.6 Å². The number of carbonyl (C=O) groups is 1. The Morgan fingerprint density at radius 2 is 2.33 bits per heavy atom. The molecule has 3 rings (SSSR count). The Bertz CT molecular complexity index is 569. The lowest BCUT2D eigenvalue weighted by Crippen LogP contribution is -2.53. The quantitative estimate of drug-likeness (QED) is 0.906. The third-order valence-corrected chi connectivity index (χ3v) is 4.63. The summed E-state index contributed by atoms with van der Waals surface area (Å²) in [4.78, 5) is 13.3. The van der Waals surface area contributed by atoms with Gasteiger partial charge in [0.1, 0.15) is 12.4 Å². The molecule has 0 saturated carbocycles. The van der Waals surface area contributed by atoms with Crippen molar-refractivity contribution in [1.29, 1.82) is 0 Å². The SMILES string of the molecule is Cc1ccc(Cl)c(CN2CCC3(CNC(=O)CO3)C2)c1F. The third-order valence-electron chi connectivity index (χ3n) is 4.27. The molecule has 2 fully saturated rings. The van der Waals surface area contributed by atoms with Gasteiger partial charge in [-0.1, -0.05) is 17.7 Å². The van der Waals surface area contributed by atoms with Gasteiger partial charge in [0.15, 0.2) is 0 Å². The lowest BCUT2D eigenvalue weighted by atomic mass is 10.0. The number of rotatable bonds is 2. The number of ether oxygens (including phenoxy) is 1. The normalized spacial score (nSPS) is 26.3. The molecule has 2 aliphatic rings. The van der Waals surface area contributed by atoms with Crippen LogP contribution in [0.4, 0.5) is 4.39 Å². The molecule has 2 saturated heterocycles. The first-order chi connectivity index (χ1) is 9.99. The first kappa shape index (κ1) is 14.8. The molecular formula is C15H18ClFN2O2. The molecule has 1 spiro atoms. The Kier molecular flexibility index (Phi) is 3.90. The van der Waals surface area contributed by atoms with Gasteiger partial charge in [0.2, 0.25) is 5.91 Å². The van der Waals surface area contributed by atoms with Crippen molar-refractivity contribution < 1.29 is 13.9 Å². The van der Waals surface area contributed by atoms with Crippen LogP contribution in [0.1, 0.15) is 17.5 Å². The van der Waals surface area contributed by atoms with E-state index in [1.807, 2.05) is 0 Å². The van der Waals surface area contributed by atoms with Crippen molar-refractivity contribution in [1.82, 2.24) is 10.2 Å². The van der Waals surface area contributed by atoms with Crippen LogP contribution in [0, 0.1) is 12.7 Å². The van der Waals surface area contributed by atoms with E-state index < -0.39 is 0 Å². The van der Waals surface area contributed by atoms with Crippen LogP contribution < -0.4 is 5.32 Å². The maximum atomic E-state index is 14.2. The number of aryl methyl sites for hydroxylation is 1. The first-order valence-corrected chi connectivity index (χ1v) is 7.43. The zero-order chi connectivity index (χ0) is 15.0. The number of morpholine rings is 1. The molecular weight excluding hydrogens is 295 g/mol. The number of hydrogen-bond donors (Lipinski definition) is 1. The van der Waals surface area contributed by atoms with Crippen molar-refractivity contribution in [2.45, 2.75) is 25.5 Å². The van der Waals surface area contributed by atoms with Crippen molar-refractivity contribution in [3.8, 4) is 0 Å². The van der Waals surface area contributed by atoms with Gasteiger partial charge in [0.05, 0.1) is 5.60 Å². The van der Waals surface area contributed by atoms with Gasteiger partial charge in [-0.05, 0) is 25.0 Å². The van der Waals surface area contributed by atoms with Crippen molar-refractivity contribution in [3.63, 3.8) is 0 Å². The number of amides is 1. The van der Waals surface area contributed by atoms with Gasteiger partial charge in [-0.3, -0.25) is 9.69 Å². The molecule has 1 amide bonds. The van der Waals surface area contributed by atoms with E-state index in [0.29, 0.717) is 35.8 Å². The van der Waals surface area contributed by atoms with Crippen LogP contribution in [0.25, 0.3) is 0 Å². The van der Waals surface area contributed by atoms with E-state index in [-0.39, 0.29) is 23.9 Å². The lowest BCUT2D eigenvalue weighted by molar-refractivity contribution is -0.142. The molecule has 1 unspecified atom stereocenters. The average molecular weight is 313 g/mol. The van der Waals surface area contributed by atoms with Gasteiger partial charge >= 0.3 is 0 Å². The Labute approximate surface area is 128 Å². The predicted octanol–water partition coefficient (Wildman–Crippen LogP) is 1.88. The van der Waals surface area contributed by atoms with E-state index in [9.17, 15) is 9.18 Å². The molecule has 4 nitrogen and oxygen atoms in total. The number of nitrogens with one attached hydrogen (secondary N) is 1. The number of hydrogen-bond acceptors (Lipinski definition) is 3. The van der Waals surface area contributed by atoms with Crippen LogP contribution >= 0.6 is 11.6 Å². The highest BCUT2D eigenvalue weighted by atomic mass is 35.5. The Morgan fingerprint density at radius 1 is 1.52 bits per heavy atom. The van der Waals surface area contributed by atoms with E-state index in [0.717, 1.165) is 13.0 Å². The number of benzene rings is 1. The van der Waals surface area contributed by atoms with Gasteiger partial charge in [0, 0.05) is 36.8 Å². The number of nitrogens with zero attached hydrogens (tertiary/aromatic N) is 1. The fourth-order valence-electron chi connectivity index (χ4n) is 2.99. The summed E-state index contributed by atoms with van der Waals surface area (Å²) in [6, 6.07) is 3.42. The van der Waals surface area contributed by atoms with Gasteiger partial charge in [-0.25, -0.2) is 4.39 Å². The summed E-state index contributed by atoms with van der Waals surface area (Å²) >= 11 is 6.12. The van der Waals surface area contributed by atoms with Crippen LogP contribution in [-0.2, 0) is 16.1 Å². The molecule has 0 aromatic heterocycles. The zero-order valence-corrected chi connectivity index (χ0v) is 12.7. The van der Waals surface area contributed by atoms with Gasteiger partial charge in [-0.2, -0.15) is 0 Å². The van der Waals surface area contributed by atoms with E-state index in [2.05, 4.69) is 10.2 Å². The second kappa shape index (κ2) is 5.55. The topological polar surface area (TPSA) is 41.6 Å². The van der Waals surface area contributed by atoms with Crippen LogP contribution in [0.15, 0.2) is 12.1 Å². The Balaban J connectivity index is 1.71. The average Bonchev–Trinajstić information content (AvgIpc) is 2.86. The first-order valence-electron chi connectivity index (χ1n) is 7.06. The standard InChI is InChI=1S/C15H18ClFN2O2/c1-10-2-3-12(16)11(14(10)17)6-19-5-4-15(9-19)8-18-13(20)7-21-15/h2-3H,4-9H2,1H3,(H,18,20). The van der Waals surface area contributed by atoms with E-state index in [1.165, 1.54) is 0 Å². The van der Waals surface area contributed by atoms with Crippen LogP contribution in [0.5, 0.6) is 0 Å². The van der Waals surface area contributed by atoms with Crippen molar-refractivity contribution in [3.05, 3.63) is 34.1 Å². The smallest absolute Gasteiger partial charge is 0.246 e. The lowest BCUT2D eigenvalue weighted by Gasteiger charge is -2.33. The highest BCUT2D eigenvalue weighted by molar-refractivity contribution is 6.31. The second-order valence-electron chi connectivity index (χ2n) is 5.87. The summed E-state index contributed by atoms with van der Waals surface area (Å²) in [7, 11) is 0. The molecule has 1 atom stereocenters. The minimum atomic E-state index is -0.333. The van der Waals surface area contributed by atoms with Crippen molar-refractivity contribution >= 4 is 17.5 Å². The summed E-state index contributed by atoms with van der Waals surface area (Å²) in [6.07, 6.45) is 0.832. The Hall–Kier alpha value is -1.17. The van der Waals surface area contributed by atoms with E-state index in [1.54, 1.807) is 19.1 Å². The minimum absolute atomic E-state index is 0.0770. The van der Waals surface area contributed by atoms with Crippen molar-refractivity contribution in [2.75, 3.05) is 26.2 Å². The van der Waals surface area contributed by atoms with Gasteiger partial charge in [-0.15, -0.1) is 0 Å². The summed E-state index contributed by atoms with van der Waals surface area (Å²) < 4.78 is 19.9. The predicted molar refractivity (Wildman–Crippen MR) is 77.7 cm³/mol. The molecule has 6 heteroatoms. The second-order valence-corrected chi connectivity index (χ2v) is 6.27. The fourth-order valence-corrected chi connectivity index (χ4v) is 3.19. The number of carbonyl (C=O) groups excluding carboxylic acids is 1. The molecule has 1 N–H and O–H groups in total. The molecule has 2 aliphatic heterocycles. The molecule has 0 radical (unpaired) electrons. The van der Waals surface area contributed by atoms with Gasteiger partial charge in [0.25, 0.3) is 0 Å². The molecule has 21 heavy (non-hydrogen) atoms. The van der Waals surface area contributed by atoms with Crippen LogP contribution in [0.2, 0.25) is 5.02 Å². The molecule has 1 aromatic rings. The fraction of sp³-hybridized carbons (Fsp3) is 0.533. The van der Waals surface area contributed by atoms with E-state index >= 15 is 0 Å². The maximum Gasteiger partial charge on any atom is 0.246 e. The van der Waals surface area contributed by atoms with E-state index in [4.69, 9.17) is 16.3 Å². The number of halogens is 2. The monoisotopic (exact) mass is 312 g/mol. The summed E-state index contributed by atoms with van der Waals surface area (Å²) in [6.45, 7) is 4.31. The summed E-state index contributed by atoms with van der Waals surface area (Å²) in [5.41, 5.74) is 0.804. The molecule has 2 heterocycles. The number of likely N-dealkylation sites (tertiary alicyclic amines) is 1. The minimum Gasteiger partial charge on any atom is -0.362 e. The zero-order valence-electron chi connectivity index (χ0n) is 11.9. The summed E-state index contributed by atoms with van der Waals surface area (Å²) in [5, 5.41) is 3.30. The summed E-state index contributed by atoms with van der Waals surface area (Å²) in [5.74, 6) is -0.312. The van der Waals surface area contributed by atoms with Crippen molar-refractivity contribution in [2.24, 2.45) is 0 Å². The van der Waals surface area contributed by atoms with Gasteiger partial charge < -0.3 is 10.1 Å². The largest absolute Gasteiger partial charge is 0.362 e.